The number of rotatable bonds is 4. The maximum atomic E-state index is 5.69. The van der Waals surface area contributed by atoms with Gasteiger partial charge in [0.2, 0.25) is 0 Å². The zero-order valence-electron chi connectivity index (χ0n) is 9.80. The molecule has 0 amide bonds. The third kappa shape index (κ3) is 2.71. The summed E-state index contributed by atoms with van der Waals surface area (Å²) in [4.78, 5) is 6.30. The molecule has 1 saturated heterocycles. The van der Waals surface area contributed by atoms with Gasteiger partial charge in [-0.2, -0.15) is 0 Å². The number of likely N-dealkylation sites (tertiary alicyclic amines) is 1. The predicted octanol–water partition coefficient (Wildman–Crippen LogP) is 1.18. The molecule has 2 rings (SSSR count). The van der Waals surface area contributed by atoms with Gasteiger partial charge in [0.15, 0.2) is 0 Å². The van der Waals surface area contributed by atoms with Crippen molar-refractivity contribution in [3.8, 4) is 5.75 Å². The molecule has 1 aromatic rings. The highest BCUT2D eigenvalue weighted by molar-refractivity contribution is 5.15. The summed E-state index contributed by atoms with van der Waals surface area (Å²) in [6.45, 7) is 1.68. The third-order valence-corrected chi connectivity index (χ3v) is 3.06. The molecule has 0 radical (unpaired) electrons. The van der Waals surface area contributed by atoms with Crippen molar-refractivity contribution in [2.75, 3.05) is 27.3 Å². The van der Waals surface area contributed by atoms with Gasteiger partial charge in [-0.05, 0) is 25.6 Å². The Morgan fingerprint density at radius 2 is 2.44 bits per heavy atom. The summed E-state index contributed by atoms with van der Waals surface area (Å²) in [5.74, 6) is 0.830. The molecular formula is C12H18N2O2. The zero-order chi connectivity index (χ0) is 11.4. The van der Waals surface area contributed by atoms with Gasteiger partial charge in [-0.15, -0.1) is 0 Å². The molecule has 88 valence electrons. The van der Waals surface area contributed by atoms with Gasteiger partial charge in [-0.3, -0.25) is 9.88 Å². The Kier molecular flexibility index (Phi) is 3.74. The van der Waals surface area contributed by atoms with E-state index in [-0.39, 0.29) is 0 Å². The van der Waals surface area contributed by atoms with Gasteiger partial charge in [0.1, 0.15) is 12.4 Å². The minimum absolute atomic E-state index is 0.340. The van der Waals surface area contributed by atoms with E-state index in [1.807, 2.05) is 12.1 Å². The zero-order valence-corrected chi connectivity index (χ0v) is 9.80. The van der Waals surface area contributed by atoms with E-state index >= 15 is 0 Å². The summed E-state index contributed by atoms with van der Waals surface area (Å²) >= 11 is 0. The van der Waals surface area contributed by atoms with E-state index in [4.69, 9.17) is 9.47 Å². The van der Waals surface area contributed by atoms with Crippen LogP contribution in [0.15, 0.2) is 24.5 Å². The molecule has 0 spiro atoms. The lowest BCUT2D eigenvalue weighted by Crippen LogP contribution is -2.30. The lowest BCUT2D eigenvalue weighted by atomic mass is 10.2. The molecule has 1 fully saturated rings. The highest BCUT2D eigenvalue weighted by atomic mass is 16.5. The van der Waals surface area contributed by atoms with Crippen molar-refractivity contribution in [2.24, 2.45) is 0 Å². The van der Waals surface area contributed by atoms with Crippen molar-refractivity contribution < 1.29 is 9.47 Å². The molecule has 4 heteroatoms. The second kappa shape index (κ2) is 5.27. The molecule has 0 saturated carbocycles. The Labute approximate surface area is 96.2 Å². The minimum atomic E-state index is 0.340. The lowest BCUT2D eigenvalue weighted by molar-refractivity contribution is 0.111. The van der Waals surface area contributed by atoms with E-state index in [9.17, 15) is 0 Å². The van der Waals surface area contributed by atoms with E-state index < -0.39 is 0 Å². The van der Waals surface area contributed by atoms with Crippen molar-refractivity contribution in [3.63, 3.8) is 0 Å². The molecule has 0 bridgehead atoms. The molecule has 0 unspecified atom stereocenters. The lowest BCUT2D eigenvalue weighted by Gasteiger charge is -2.18. The molecule has 1 aliphatic rings. The molecule has 1 aliphatic heterocycles. The van der Waals surface area contributed by atoms with Crippen LogP contribution in [0.1, 0.15) is 6.42 Å². The number of hydrogen-bond donors (Lipinski definition) is 0. The largest absolute Gasteiger partial charge is 0.490 e. The average molecular weight is 222 g/mol. The van der Waals surface area contributed by atoms with Crippen molar-refractivity contribution >= 4 is 0 Å². The van der Waals surface area contributed by atoms with Crippen LogP contribution in [0.25, 0.3) is 0 Å². The summed E-state index contributed by atoms with van der Waals surface area (Å²) in [6, 6.07) is 4.24. The SMILES string of the molecule is CO[C@@H]1C[C@@H](COc2cccnc2)N(C)C1. The molecule has 16 heavy (non-hydrogen) atoms. The quantitative estimate of drug-likeness (QED) is 0.766. The topological polar surface area (TPSA) is 34.6 Å². The van der Waals surface area contributed by atoms with Crippen LogP contribution in [-0.4, -0.2) is 49.3 Å². The maximum absolute atomic E-state index is 5.69. The summed E-state index contributed by atoms with van der Waals surface area (Å²) in [7, 11) is 3.87. The molecule has 0 N–H and O–H groups in total. The molecular weight excluding hydrogens is 204 g/mol. The summed E-state index contributed by atoms with van der Waals surface area (Å²) in [5, 5.41) is 0. The van der Waals surface area contributed by atoms with Gasteiger partial charge >= 0.3 is 0 Å². The Morgan fingerprint density at radius 3 is 3.06 bits per heavy atom. The van der Waals surface area contributed by atoms with Crippen LogP contribution in [0.2, 0.25) is 0 Å². The van der Waals surface area contributed by atoms with E-state index in [1.165, 1.54) is 0 Å². The summed E-state index contributed by atoms with van der Waals surface area (Å²) in [5.41, 5.74) is 0. The highest BCUT2D eigenvalue weighted by Gasteiger charge is 2.29. The van der Waals surface area contributed by atoms with Crippen LogP contribution in [0, 0.1) is 0 Å². The van der Waals surface area contributed by atoms with E-state index in [0.717, 1.165) is 18.7 Å². The Hall–Kier alpha value is -1.13. The second-order valence-electron chi connectivity index (χ2n) is 4.19. The number of likely N-dealkylation sites (N-methyl/N-ethyl adjacent to an activating group) is 1. The molecule has 0 aromatic carbocycles. The van der Waals surface area contributed by atoms with Gasteiger partial charge in [-0.1, -0.05) is 0 Å². The van der Waals surface area contributed by atoms with Crippen molar-refractivity contribution in [1.82, 2.24) is 9.88 Å². The molecule has 4 nitrogen and oxygen atoms in total. The van der Waals surface area contributed by atoms with Gasteiger partial charge in [-0.25, -0.2) is 0 Å². The fourth-order valence-corrected chi connectivity index (χ4v) is 2.02. The smallest absolute Gasteiger partial charge is 0.137 e. The van der Waals surface area contributed by atoms with Crippen LogP contribution < -0.4 is 4.74 Å². The minimum Gasteiger partial charge on any atom is -0.490 e. The first-order chi connectivity index (χ1) is 7.79. The molecule has 2 heterocycles. The Bertz CT molecular complexity index is 318. The van der Waals surface area contributed by atoms with Gasteiger partial charge in [0, 0.05) is 25.9 Å². The molecule has 2 atom stereocenters. The fourth-order valence-electron chi connectivity index (χ4n) is 2.02. The second-order valence-corrected chi connectivity index (χ2v) is 4.19. The number of nitrogens with zero attached hydrogens (tertiary/aromatic N) is 2. The van der Waals surface area contributed by atoms with E-state index in [2.05, 4.69) is 16.9 Å². The van der Waals surface area contributed by atoms with Gasteiger partial charge < -0.3 is 9.47 Å². The highest BCUT2D eigenvalue weighted by Crippen LogP contribution is 2.19. The maximum Gasteiger partial charge on any atom is 0.137 e. The summed E-state index contributed by atoms with van der Waals surface area (Å²) in [6.07, 6.45) is 4.86. The van der Waals surface area contributed by atoms with E-state index in [0.29, 0.717) is 18.8 Å². The van der Waals surface area contributed by atoms with Gasteiger partial charge in [0.25, 0.3) is 0 Å². The van der Waals surface area contributed by atoms with Crippen LogP contribution in [0.5, 0.6) is 5.75 Å². The van der Waals surface area contributed by atoms with Crippen molar-refractivity contribution in [2.45, 2.75) is 18.6 Å². The Morgan fingerprint density at radius 1 is 1.56 bits per heavy atom. The van der Waals surface area contributed by atoms with Gasteiger partial charge in [0.05, 0.1) is 12.3 Å². The first-order valence-corrected chi connectivity index (χ1v) is 5.55. The fraction of sp³-hybridized carbons (Fsp3) is 0.583. The summed E-state index contributed by atoms with van der Waals surface area (Å²) < 4.78 is 11.0. The number of ether oxygens (including phenoxy) is 2. The number of methoxy groups -OCH3 is 1. The van der Waals surface area contributed by atoms with Crippen molar-refractivity contribution in [3.05, 3.63) is 24.5 Å². The van der Waals surface area contributed by atoms with Crippen LogP contribution in [0.4, 0.5) is 0 Å². The number of pyridine rings is 1. The average Bonchev–Trinajstić information content (AvgIpc) is 2.69. The van der Waals surface area contributed by atoms with Crippen molar-refractivity contribution in [1.29, 1.82) is 0 Å². The standard InChI is InChI=1S/C12H18N2O2/c1-14-8-12(15-2)6-10(14)9-16-11-4-3-5-13-7-11/h3-5,7,10,12H,6,8-9H2,1-2H3/t10-,12+/m0/s1. The first-order valence-electron chi connectivity index (χ1n) is 5.55. The molecule has 1 aromatic heterocycles. The Balaban J connectivity index is 1.82. The predicted molar refractivity (Wildman–Crippen MR) is 61.6 cm³/mol. The third-order valence-electron chi connectivity index (χ3n) is 3.06. The molecule has 0 aliphatic carbocycles. The van der Waals surface area contributed by atoms with Crippen LogP contribution in [-0.2, 0) is 4.74 Å². The number of hydrogen-bond acceptors (Lipinski definition) is 4. The first kappa shape index (κ1) is 11.4. The monoisotopic (exact) mass is 222 g/mol. The van der Waals surface area contributed by atoms with Crippen LogP contribution >= 0.6 is 0 Å². The number of aromatic nitrogens is 1. The van der Waals surface area contributed by atoms with Crippen LogP contribution in [0.3, 0.4) is 0 Å². The normalized spacial score (nSPS) is 25.9. The van der Waals surface area contributed by atoms with E-state index in [1.54, 1.807) is 19.5 Å².